The Kier molecular flexibility index (Phi) is 5.72. The van der Waals surface area contributed by atoms with E-state index in [1.54, 1.807) is 0 Å². The van der Waals surface area contributed by atoms with Gasteiger partial charge in [-0.15, -0.1) is 0 Å². The van der Waals surface area contributed by atoms with Crippen molar-refractivity contribution in [2.75, 3.05) is 0 Å². The Bertz CT molecular complexity index is 711. The van der Waals surface area contributed by atoms with Crippen LogP contribution in [0.2, 0.25) is 0 Å². The van der Waals surface area contributed by atoms with Gasteiger partial charge in [0.1, 0.15) is 10.9 Å². The molecule has 3 rings (SSSR count). The number of fused-ring (bicyclic) bond motifs is 1. The Morgan fingerprint density at radius 2 is 1.88 bits per heavy atom. The number of rotatable bonds is 4. The summed E-state index contributed by atoms with van der Waals surface area (Å²) in [5, 5.41) is 4.98. The number of carbonyl (C=O) groups excluding carboxylic acids is 1. The van der Waals surface area contributed by atoms with Gasteiger partial charge in [-0.2, -0.15) is 0 Å². The minimum atomic E-state index is -0.161. The molecule has 1 saturated carbocycles. The molecule has 0 spiro atoms. The number of aromatic nitrogens is 2. The van der Waals surface area contributed by atoms with E-state index in [0.29, 0.717) is 6.04 Å². The van der Waals surface area contributed by atoms with Crippen LogP contribution in [0.5, 0.6) is 0 Å². The maximum atomic E-state index is 12.6. The highest BCUT2D eigenvalue weighted by molar-refractivity contribution is 8.00. The van der Waals surface area contributed by atoms with Gasteiger partial charge in [0, 0.05) is 11.4 Å². The molecule has 1 amide bonds. The number of hydrogen-bond acceptors (Lipinski definition) is 4. The van der Waals surface area contributed by atoms with Crippen molar-refractivity contribution < 1.29 is 4.79 Å². The average Bonchev–Trinajstić information content (AvgIpc) is 2.83. The van der Waals surface area contributed by atoms with Crippen molar-refractivity contribution in [2.45, 2.75) is 68.7 Å². The molecule has 1 aromatic carbocycles. The maximum Gasteiger partial charge on any atom is 0.233 e. The predicted molar refractivity (Wildman–Crippen MR) is 99.2 cm³/mol. The number of amides is 1. The van der Waals surface area contributed by atoms with Gasteiger partial charge in [-0.3, -0.25) is 4.79 Å². The molecule has 1 aliphatic rings. The van der Waals surface area contributed by atoms with Gasteiger partial charge in [-0.1, -0.05) is 55.6 Å². The number of carbonyl (C=O) groups is 1. The van der Waals surface area contributed by atoms with E-state index in [1.165, 1.54) is 37.4 Å². The molecule has 1 aromatic heterocycles. The third-order valence-corrected chi connectivity index (χ3v) is 5.64. The molecule has 0 bridgehead atoms. The molecule has 1 N–H and O–H groups in total. The first-order chi connectivity index (χ1) is 11.6. The summed E-state index contributed by atoms with van der Waals surface area (Å²) >= 11 is 1.53. The number of thioether (sulfide) groups is 1. The fourth-order valence-electron chi connectivity index (χ4n) is 3.21. The van der Waals surface area contributed by atoms with Crippen molar-refractivity contribution in [3.05, 3.63) is 30.1 Å². The zero-order valence-electron chi connectivity index (χ0n) is 14.4. The molecule has 128 valence electrons. The van der Waals surface area contributed by atoms with Crippen LogP contribution in [-0.2, 0) is 4.79 Å². The van der Waals surface area contributed by atoms with Gasteiger partial charge < -0.3 is 5.32 Å². The number of nitrogens with zero attached hydrogens (tertiary/aromatic N) is 2. The van der Waals surface area contributed by atoms with E-state index in [0.717, 1.165) is 34.6 Å². The van der Waals surface area contributed by atoms with E-state index in [2.05, 4.69) is 15.3 Å². The van der Waals surface area contributed by atoms with Crippen LogP contribution in [-0.4, -0.2) is 27.2 Å². The highest BCUT2D eigenvalue weighted by Gasteiger charge is 2.21. The fraction of sp³-hybridized carbons (Fsp3) is 0.526. The normalized spacial score (nSPS) is 17.4. The summed E-state index contributed by atoms with van der Waals surface area (Å²) in [5.74, 6) is 0.861. The Balaban J connectivity index is 1.70. The van der Waals surface area contributed by atoms with Gasteiger partial charge in [-0.05, 0) is 32.8 Å². The number of para-hydroxylation sites is 1. The first kappa shape index (κ1) is 17.2. The lowest BCUT2D eigenvalue weighted by Gasteiger charge is -2.19. The van der Waals surface area contributed by atoms with Crippen molar-refractivity contribution in [1.82, 2.24) is 15.3 Å². The molecule has 1 aliphatic carbocycles. The van der Waals surface area contributed by atoms with Crippen LogP contribution in [0.3, 0.4) is 0 Å². The molecule has 2 aromatic rings. The van der Waals surface area contributed by atoms with Crippen LogP contribution in [0.15, 0.2) is 29.3 Å². The number of aryl methyl sites for hydroxylation is 1. The Morgan fingerprint density at radius 1 is 1.17 bits per heavy atom. The third-order valence-electron chi connectivity index (χ3n) is 4.54. The molecule has 0 unspecified atom stereocenters. The molecule has 1 atom stereocenters. The van der Waals surface area contributed by atoms with Crippen LogP contribution < -0.4 is 5.32 Å². The topological polar surface area (TPSA) is 54.9 Å². The van der Waals surface area contributed by atoms with E-state index in [4.69, 9.17) is 0 Å². The minimum absolute atomic E-state index is 0.118. The molecular formula is C19H25N3OS. The van der Waals surface area contributed by atoms with Gasteiger partial charge in [-0.25, -0.2) is 9.97 Å². The summed E-state index contributed by atoms with van der Waals surface area (Å²) in [6, 6.07) is 8.32. The highest BCUT2D eigenvalue weighted by atomic mass is 32.2. The third kappa shape index (κ3) is 4.26. The van der Waals surface area contributed by atoms with Crippen molar-refractivity contribution in [2.24, 2.45) is 0 Å². The maximum absolute atomic E-state index is 12.6. The van der Waals surface area contributed by atoms with E-state index in [-0.39, 0.29) is 11.2 Å². The number of nitrogens with one attached hydrogen (secondary N) is 1. The van der Waals surface area contributed by atoms with Crippen molar-refractivity contribution in [3.63, 3.8) is 0 Å². The molecule has 4 nitrogen and oxygen atoms in total. The summed E-state index contributed by atoms with van der Waals surface area (Å²) < 4.78 is 0. The van der Waals surface area contributed by atoms with E-state index < -0.39 is 0 Å². The zero-order valence-corrected chi connectivity index (χ0v) is 15.2. The highest BCUT2D eigenvalue weighted by Crippen LogP contribution is 2.29. The monoisotopic (exact) mass is 343 g/mol. The molecular weight excluding hydrogens is 318 g/mol. The van der Waals surface area contributed by atoms with Crippen LogP contribution in [0.4, 0.5) is 0 Å². The summed E-state index contributed by atoms with van der Waals surface area (Å²) in [6.07, 6.45) is 7.26. The Labute approximate surface area is 147 Å². The zero-order chi connectivity index (χ0) is 16.9. The number of benzene rings is 1. The first-order valence-corrected chi connectivity index (χ1v) is 9.72. The van der Waals surface area contributed by atoms with Crippen LogP contribution in [0.25, 0.3) is 10.9 Å². The molecule has 24 heavy (non-hydrogen) atoms. The minimum Gasteiger partial charge on any atom is -0.352 e. The van der Waals surface area contributed by atoms with Gasteiger partial charge in [0.25, 0.3) is 0 Å². The fourth-order valence-corrected chi connectivity index (χ4v) is 4.21. The van der Waals surface area contributed by atoms with E-state index in [9.17, 15) is 4.79 Å². The second kappa shape index (κ2) is 7.97. The second-order valence-electron chi connectivity index (χ2n) is 6.55. The van der Waals surface area contributed by atoms with Gasteiger partial charge in [0.15, 0.2) is 0 Å². The summed E-state index contributed by atoms with van der Waals surface area (Å²) in [5.41, 5.74) is 0.934. The largest absolute Gasteiger partial charge is 0.352 e. The van der Waals surface area contributed by atoms with E-state index >= 15 is 0 Å². The van der Waals surface area contributed by atoms with Crippen LogP contribution in [0, 0.1) is 6.92 Å². The predicted octanol–water partition coefficient (Wildman–Crippen LogP) is 4.26. The lowest BCUT2D eigenvalue weighted by molar-refractivity contribution is -0.121. The Morgan fingerprint density at radius 3 is 2.62 bits per heavy atom. The van der Waals surface area contributed by atoms with Crippen molar-refractivity contribution in [3.8, 4) is 0 Å². The van der Waals surface area contributed by atoms with Gasteiger partial charge in [0.2, 0.25) is 5.91 Å². The summed E-state index contributed by atoms with van der Waals surface area (Å²) in [6.45, 7) is 3.86. The molecule has 1 fully saturated rings. The molecule has 1 heterocycles. The quantitative estimate of drug-likeness (QED) is 0.512. The smallest absolute Gasteiger partial charge is 0.233 e. The standard InChI is InChI=1S/C19H25N3OS/c1-13(18(23)22-15-9-5-3-4-6-10-15)24-19-16-11-7-8-12-17(16)20-14(2)21-19/h7-8,11-13,15H,3-6,9-10H2,1-2H3,(H,22,23)/t13-/m1/s1. The van der Waals surface area contributed by atoms with Crippen molar-refractivity contribution in [1.29, 1.82) is 0 Å². The Hall–Kier alpha value is -1.62. The summed E-state index contributed by atoms with van der Waals surface area (Å²) in [4.78, 5) is 21.6. The number of hydrogen-bond donors (Lipinski definition) is 1. The SMILES string of the molecule is Cc1nc(S[C@H](C)C(=O)NC2CCCCCC2)c2ccccc2n1. The molecule has 0 aliphatic heterocycles. The summed E-state index contributed by atoms with van der Waals surface area (Å²) in [7, 11) is 0. The van der Waals surface area contributed by atoms with Crippen molar-refractivity contribution >= 4 is 28.6 Å². The molecule has 5 heteroatoms. The average molecular weight is 343 g/mol. The van der Waals surface area contributed by atoms with E-state index in [1.807, 2.05) is 38.1 Å². The van der Waals surface area contributed by atoms with Crippen LogP contribution in [0.1, 0.15) is 51.3 Å². The molecule has 0 radical (unpaired) electrons. The van der Waals surface area contributed by atoms with Gasteiger partial charge in [0.05, 0.1) is 10.8 Å². The van der Waals surface area contributed by atoms with Crippen LogP contribution >= 0.6 is 11.8 Å². The molecule has 0 saturated heterocycles. The van der Waals surface area contributed by atoms with Gasteiger partial charge >= 0.3 is 0 Å². The lowest BCUT2D eigenvalue weighted by atomic mass is 10.1. The lowest BCUT2D eigenvalue weighted by Crippen LogP contribution is -2.39. The second-order valence-corrected chi connectivity index (χ2v) is 7.88. The first-order valence-electron chi connectivity index (χ1n) is 8.84.